The van der Waals surface area contributed by atoms with Crippen LogP contribution in [0.4, 0.5) is 0 Å². The number of carbonyl (C=O) groups is 1. The van der Waals surface area contributed by atoms with Crippen molar-refractivity contribution in [2.75, 3.05) is 0 Å². The molecule has 0 atom stereocenters. The van der Waals surface area contributed by atoms with Crippen LogP contribution in [0.15, 0.2) is 27.9 Å². The summed E-state index contributed by atoms with van der Waals surface area (Å²) in [6, 6.07) is 0. The summed E-state index contributed by atoms with van der Waals surface area (Å²) in [6.45, 7) is 15.8. The molecule has 0 aromatic heterocycles. The molecule has 1 aromatic rings. The molecule has 0 amide bonds. The van der Waals surface area contributed by atoms with E-state index in [2.05, 4.69) is 6.08 Å². The van der Waals surface area contributed by atoms with E-state index in [1.807, 2.05) is 55.4 Å². The van der Waals surface area contributed by atoms with Gasteiger partial charge in [-0.05, 0) is 106 Å². The first-order valence-electron chi connectivity index (χ1n) is 8.01. The maximum Gasteiger partial charge on any atom is 0.184 e. The zero-order chi connectivity index (χ0) is 17.6. The van der Waals surface area contributed by atoms with E-state index in [-0.39, 0.29) is 5.78 Å². The second-order valence-corrected chi connectivity index (χ2v) is 6.65. The topological polar surface area (TPSA) is 37.3 Å². The fraction of sp³-hybridized carbons (Fsp3) is 0.381. The lowest BCUT2D eigenvalue weighted by molar-refractivity contribution is -0.112. The number of phenols is 1. The summed E-state index contributed by atoms with van der Waals surface area (Å²) in [4.78, 5) is 12.3. The molecule has 0 heterocycles. The number of aromatic hydroxyl groups is 1. The van der Waals surface area contributed by atoms with Crippen LogP contribution in [0.2, 0.25) is 0 Å². The van der Waals surface area contributed by atoms with Crippen LogP contribution < -0.4 is 0 Å². The third-order valence-electron chi connectivity index (χ3n) is 5.55. The van der Waals surface area contributed by atoms with Crippen molar-refractivity contribution >= 4 is 11.9 Å². The van der Waals surface area contributed by atoms with Gasteiger partial charge in [0.25, 0.3) is 0 Å². The third-order valence-corrected chi connectivity index (χ3v) is 5.55. The van der Waals surface area contributed by atoms with Crippen LogP contribution >= 0.6 is 0 Å². The standard InChI is InChI=1S/C21H26O2/c1-10-14(5)20(22)15(6)11(2)18(10)9-19-12(3)16(7)21(23)17(8)13(19)4/h9,22H,1-8H3. The first-order valence-corrected chi connectivity index (χ1v) is 8.01. The fourth-order valence-corrected chi connectivity index (χ4v) is 3.21. The van der Waals surface area contributed by atoms with Gasteiger partial charge in [0, 0.05) is 11.1 Å². The number of allylic oxidation sites excluding steroid dienone is 5. The molecular weight excluding hydrogens is 284 g/mol. The zero-order valence-corrected chi connectivity index (χ0v) is 15.4. The lowest BCUT2D eigenvalue weighted by Gasteiger charge is -2.22. The molecule has 0 radical (unpaired) electrons. The number of hydrogen-bond acceptors (Lipinski definition) is 2. The molecule has 0 spiro atoms. The van der Waals surface area contributed by atoms with E-state index < -0.39 is 0 Å². The lowest BCUT2D eigenvalue weighted by atomic mass is 9.81. The SMILES string of the molecule is CC1=C(C)C(=Cc2c(C)c(C)c(O)c(C)c2C)C(C)=C(C)C1=O. The van der Waals surface area contributed by atoms with Gasteiger partial charge in [-0.2, -0.15) is 0 Å². The molecular formula is C21H26O2. The summed E-state index contributed by atoms with van der Waals surface area (Å²) in [7, 11) is 0. The second-order valence-electron chi connectivity index (χ2n) is 6.65. The van der Waals surface area contributed by atoms with Crippen LogP contribution in [-0.2, 0) is 4.79 Å². The molecule has 0 bridgehead atoms. The molecule has 122 valence electrons. The Labute approximate surface area is 139 Å². The van der Waals surface area contributed by atoms with Gasteiger partial charge in [0.2, 0.25) is 0 Å². The van der Waals surface area contributed by atoms with Gasteiger partial charge in [0.1, 0.15) is 5.75 Å². The minimum atomic E-state index is 0.142. The Morgan fingerprint density at radius 3 is 1.43 bits per heavy atom. The van der Waals surface area contributed by atoms with Crippen LogP contribution in [0.3, 0.4) is 0 Å². The molecule has 0 saturated carbocycles. The third kappa shape index (κ3) is 2.56. The zero-order valence-electron chi connectivity index (χ0n) is 15.4. The highest BCUT2D eigenvalue weighted by Crippen LogP contribution is 2.37. The minimum absolute atomic E-state index is 0.142. The Balaban J connectivity index is 2.80. The Morgan fingerprint density at radius 1 is 0.652 bits per heavy atom. The number of rotatable bonds is 1. The quantitative estimate of drug-likeness (QED) is 0.767. The molecule has 23 heavy (non-hydrogen) atoms. The number of phenolic OH excluding ortho intramolecular Hbond substituents is 1. The molecule has 2 rings (SSSR count). The van der Waals surface area contributed by atoms with Gasteiger partial charge in [-0.3, -0.25) is 4.79 Å². The summed E-state index contributed by atoms with van der Waals surface area (Å²) in [5.74, 6) is 0.525. The number of Topliss-reactive ketones (excluding diaryl/α,β-unsaturated/α-hetero) is 1. The van der Waals surface area contributed by atoms with E-state index in [0.29, 0.717) is 5.75 Å². The summed E-state index contributed by atoms with van der Waals surface area (Å²) in [5, 5.41) is 10.2. The van der Waals surface area contributed by atoms with Crippen molar-refractivity contribution in [2.45, 2.75) is 55.4 Å². The maximum atomic E-state index is 12.3. The molecule has 1 aromatic carbocycles. The molecule has 2 heteroatoms. The van der Waals surface area contributed by atoms with Crippen LogP contribution in [0.1, 0.15) is 55.5 Å². The molecule has 1 aliphatic rings. The van der Waals surface area contributed by atoms with Crippen molar-refractivity contribution in [3.8, 4) is 5.75 Å². The van der Waals surface area contributed by atoms with Gasteiger partial charge >= 0.3 is 0 Å². The highest BCUT2D eigenvalue weighted by Gasteiger charge is 2.23. The van der Waals surface area contributed by atoms with Crippen molar-refractivity contribution in [3.05, 3.63) is 55.7 Å². The number of hydrogen-bond donors (Lipinski definition) is 1. The first-order chi connectivity index (χ1) is 10.6. The van der Waals surface area contributed by atoms with Gasteiger partial charge in [-0.1, -0.05) is 0 Å². The van der Waals surface area contributed by atoms with Gasteiger partial charge in [-0.25, -0.2) is 0 Å². The smallest absolute Gasteiger partial charge is 0.184 e. The van der Waals surface area contributed by atoms with Crippen LogP contribution in [0.5, 0.6) is 5.75 Å². The number of benzene rings is 1. The maximum absolute atomic E-state index is 12.3. The van der Waals surface area contributed by atoms with Crippen molar-refractivity contribution in [1.82, 2.24) is 0 Å². The lowest BCUT2D eigenvalue weighted by Crippen LogP contribution is -2.13. The molecule has 0 fully saturated rings. The van der Waals surface area contributed by atoms with E-state index in [4.69, 9.17) is 0 Å². The highest BCUT2D eigenvalue weighted by atomic mass is 16.3. The molecule has 0 unspecified atom stereocenters. The van der Waals surface area contributed by atoms with Crippen molar-refractivity contribution in [2.24, 2.45) is 0 Å². The van der Waals surface area contributed by atoms with Crippen LogP contribution in [0, 0.1) is 27.7 Å². The van der Waals surface area contributed by atoms with E-state index >= 15 is 0 Å². The summed E-state index contributed by atoms with van der Waals surface area (Å²) >= 11 is 0. The van der Waals surface area contributed by atoms with E-state index in [9.17, 15) is 9.90 Å². The van der Waals surface area contributed by atoms with Crippen LogP contribution in [-0.4, -0.2) is 10.9 Å². The Morgan fingerprint density at radius 2 is 1.04 bits per heavy atom. The van der Waals surface area contributed by atoms with E-state index in [1.54, 1.807) is 0 Å². The van der Waals surface area contributed by atoms with Crippen molar-refractivity contribution < 1.29 is 9.90 Å². The predicted molar refractivity (Wildman–Crippen MR) is 96.8 cm³/mol. The Bertz CT molecular complexity index is 756. The number of ketones is 1. The number of carbonyl (C=O) groups excluding carboxylic acids is 1. The molecule has 1 N–H and O–H groups in total. The van der Waals surface area contributed by atoms with Gasteiger partial charge in [0.05, 0.1) is 0 Å². The normalized spacial score (nSPS) is 15.7. The molecule has 1 aliphatic carbocycles. The van der Waals surface area contributed by atoms with Gasteiger partial charge in [0.15, 0.2) is 5.78 Å². The first kappa shape index (κ1) is 17.3. The molecule has 0 saturated heterocycles. The average Bonchev–Trinajstić information content (AvgIpc) is 2.54. The van der Waals surface area contributed by atoms with Crippen molar-refractivity contribution in [3.63, 3.8) is 0 Å². The molecule has 2 nitrogen and oxygen atoms in total. The summed E-state index contributed by atoms with van der Waals surface area (Å²) in [6.07, 6.45) is 2.17. The summed E-state index contributed by atoms with van der Waals surface area (Å²) < 4.78 is 0. The minimum Gasteiger partial charge on any atom is -0.507 e. The Kier molecular flexibility index (Phi) is 4.39. The monoisotopic (exact) mass is 310 g/mol. The van der Waals surface area contributed by atoms with E-state index in [0.717, 1.165) is 55.7 Å². The second kappa shape index (κ2) is 5.84. The van der Waals surface area contributed by atoms with Crippen LogP contribution in [0.25, 0.3) is 6.08 Å². The summed E-state index contributed by atoms with van der Waals surface area (Å²) in [5.41, 5.74) is 10.0. The average molecular weight is 310 g/mol. The highest BCUT2D eigenvalue weighted by molar-refractivity contribution is 6.11. The predicted octanol–water partition coefficient (Wildman–Crippen LogP) is 5.26. The Hall–Kier alpha value is -2.09. The largest absolute Gasteiger partial charge is 0.507 e. The van der Waals surface area contributed by atoms with Gasteiger partial charge in [-0.15, -0.1) is 0 Å². The van der Waals surface area contributed by atoms with E-state index in [1.165, 1.54) is 0 Å². The fourth-order valence-electron chi connectivity index (χ4n) is 3.21. The van der Waals surface area contributed by atoms with Gasteiger partial charge < -0.3 is 5.11 Å². The molecule has 0 aliphatic heterocycles. The van der Waals surface area contributed by atoms with Crippen molar-refractivity contribution in [1.29, 1.82) is 0 Å².